The molecule has 1 unspecified atom stereocenters. The number of aliphatic imine (C=N–C) groups is 1. The van der Waals surface area contributed by atoms with Crippen molar-refractivity contribution in [1.82, 2.24) is 9.73 Å². The topological polar surface area (TPSA) is 134 Å². The predicted octanol–water partition coefficient (Wildman–Crippen LogP) is 3.97. The highest BCUT2D eigenvalue weighted by molar-refractivity contribution is 7.90. The standard InChI is InChI=1S/C27H25Cl2N5O4S/c28-20-8-6-19(7-9-20)26-24(18-4-2-1-3-5-18)17-34(32-26)27(31-16-22(35)12-15-25(30)36)33-39(37,38)23-13-10-21(29)11-14-23/h1-11,13-14,24H,12,15-17H2,(H2,30,36)(H,31,33). The van der Waals surface area contributed by atoms with Crippen LogP contribution in [0.25, 0.3) is 0 Å². The fourth-order valence-electron chi connectivity index (χ4n) is 3.93. The van der Waals surface area contributed by atoms with Gasteiger partial charge in [-0.2, -0.15) is 5.10 Å². The van der Waals surface area contributed by atoms with Crippen molar-refractivity contribution in [3.8, 4) is 0 Å². The number of halogens is 2. The molecule has 3 aromatic carbocycles. The summed E-state index contributed by atoms with van der Waals surface area (Å²) >= 11 is 12.0. The highest BCUT2D eigenvalue weighted by atomic mass is 35.5. The second-order valence-corrected chi connectivity index (χ2v) is 11.3. The molecule has 1 aliphatic rings. The minimum Gasteiger partial charge on any atom is -0.370 e. The molecule has 1 atom stereocenters. The van der Waals surface area contributed by atoms with E-state index in [0.717, 1.165) is 11.1 Å². The van der Waals surface area contributed by atoms with Crippen LogP contribution >= 0.6 is 23.2 Å². The quantitative estimate of drug-likeness (QED) is 0.289. The maximum absolute atomic E-state index is 13.2. The van der Waals surface area contributed by atoms with E-state index in [-0.39, 0.29) is 48.5 Å². The molecular formula is C27H25Cl2N5O4S. The Morgan fingerprint density at radius 1 is 0.949 bits per heavy atom. The minimum atomic E-state index is -4.11. The second-order valence-electron chi connectivity index (χ2n) is 8.74. The van der Waals surface area contributed by atoms with Crippen LogP contribution in [0.4, 0.5) is 0 Å². The molecule has 39 heavy (non-hydrogen) atoms. The first-order valence-electron chi connectivity index (χ1n) is 11.9. The first-order valence-corrected chi connectivity index (χ1v) is 14.2. The van der Waals surface area contributed by atoms with Crippen LogP contribution in [0.1, 0.15) is 29.9 Å². The number of Topliss-reactive ketones (excluding diaryl/α,β-unsaturated/α-hetero) is 1. The number of carbonyl (C=O) groups excluding carboxylic acids is 2. The smallest absolute Gasteiger partial charge is 0.264 e. The van der Waals surface area contributed by atoms with Gasteiger partial charge in [-0.3, -0.25) is 9.59 Å². The van der Waals surface area contributed by atoms with Crippen molar-refractivity contribution in [1.29, 1.82) is 0 Å². The number of sulfonamides is 1. The van der Waals surface area contributed by atoms with Crippen molar-refractivity contribution in [2.75, 3.05) is 13.1 Å². The van der Waals surface area contributed by atoms with Gasteiger partial charge >= 0.3 is 0 Å². The third kappa shape index (κ3) is 7.44. The summed E-state index contributed by atoms with van der Waals surface area (Å²) in [5.74, 6) is -1.36. The van der Waals surface area contributed by atoms with Gasteiger partial charge in [0, 0.05) is 28.8 Å². The van der Waals surface area contributed by atoms with Crippen molar-refractivity contribution in [2.24, 2.45) is 15.8 Å². The van der Waals surface area contributed by atoms with Gasteiger partial charge in [0.15, 0.2) is 5.78 Å². The fraction of sp³-hybridized carbons (Fsp3) is 0.185. The summed E-state index contributed by atoms with van der Waals surface area (Å²) in [5.41, 5.74) is 7.58. The van der Waals surface area contributed by atoms with Crippen molar-refractivity contribution < 1.29 is 18.0 Å². The van der Waals surface area contributed by atoms with Crippen molar-refractivity contribution in [2.45, 2.75) is 23.7 Å². The Bertz CT molecular complexity index is 1510. The molecule has 0 fully saturated rings. The molecule has 0 radical (unpaired) electrons. The first-order chi connectivity index (χ1) is 18.6. The number of hydrazone groups is 1. The van der Waals surface area contributed by atoms with Crippen LogP contribution in [0.3, 0.4) is 0 Å². The van der Waals surface area contributed by atoms with Gasteiger partial charge in [-0.05, 0) is 47.5 Å². The first kappa shape index (κ1) is 28.3. The van der Waals surface area contributed by atoms with Crippen LogP contribution in [0.15, 0.2) is 93.9 Å². The van der Waals surface area contributed by atoms with Gasteiger partial charge in [0.25, 0.3) is 10.0 Å². The van der Waals surface area contributed by atoms with Gasteiger partial charge in [0.05, 0.1) is 17.2 Å². The molecule has 0 aromatic heterocycles. The van der Waals surface area contributed by atoms with Crippen LogP contribution in [0, 0.1) is 0 Å². The van der Waals surface area contributed by atoms with Gasteiger partial charge in [-0.1, -0.05) is 65.7 Å². The number of nitrogens with one attached hydrogen (secondary N) is 1. The number of nitrogens with two attached hydrogens (primary N) is 1. The van der Waals surface area contributed by atoms with E-state index >= 15 is 0 Å². The maximum atomic E-state index is 13.2. The van der Waals surface area contributed by atoms with E-state index in [4.69, 9.17) is 34.0 Å². The number of guanidine groups is 1. The van der Waals surface area contributed by atoms with E-state index < -0.39 is 15.9 Å². The van der Waals surface area contributed by atoms with Crippen LogP contribution in [0.2, 0.25) is 10.0 Å². The third-order valence-electron chi connectivity index (χ3n) is 5.91. The Morgan fingerprint density at radius 3 is 2.18 bits per heavy atom. The molecule has 0 spiro atoms. The van der Waals surface area contributed by atoms with E-state index in [1.54, 1.807) is 12.1 Å². The molecule has 9 nitrogen and oxygen atoms in total. The Hall–Kier alpha value is -3.73. The molecule has 202 valence electrons. The van der Waals surface area contributed by atoms with E-state index in [2.05, 4.69) is 9.71 Å². The summed E-state index contributed by atoms with van der Waals surface area (Å²) in [6.07, 6.45) is -0.235. The molecule has 12 heteroatoms. The number of primary amides is 1. The van der Waals surface area contributed by atoms with Crippen LogP contribution < -0.4 is 10.5 Å². The number of carbonyl (C=O) groups is 2. The average molecular weight is 587 g/mol. The van der Waals surface area contributed by atoms with Crippen molar-refractivity contribution in [3.63, 3.8) is 0 Å². The highest BCUT2D eigenvalue weighted by Gasteiger charge is 2.33. The minimum absolute atomic E-state index is 0.0413. The Kier molecular flexibility index (Phi) is 9.01. The van der Waals surface area contributed by atoms with Gasteiger partial charge in [-0.25, -0.2) is 23.1 Å². The molecule has 4 rings (SSSR count). The lowest BCUT2D eigenvalue weighted by Gasteiger charge is -2.20. The predicted molar refractivity (Wildman–Crippen MR) is 151 cm³/mol. The number of benzene rings is 3. The summed E-state index contributed by atoms with van der Waals surface area (Å²) in [6.45, 7) is -0.122. The number of hydrogen-bond donors (Lipinski definition) is 2. The van der Waals surface area contributed by atoms with Crippen molar-refractivity contribution >= 4 is 56.6 Å². The number of ketones is 1. The fourth-order valence-corrected chi connectivity index (χ4v) is 5.20. The lowest BCUT2D eigenvalue weighted by Crippen LogP contribution is -2.41. The van der Waals surface area contributed by atoms with Crippen LogP contribution in [0.5, 0.6) is 0 Å². The Balaban J connectivity index is 1.71. The molecule has 0 bridgehead atoms. The molecule has 0 aliphatic carbocycles. The van der Waals surface area contributed by atoms with E-state index in [1.165, 1.54) is 29.3 Å². The van der Waals surface area contributed by atoms with E-state index in [0.29, 0.717) is 15.8 Å². The molecular weight excluding hydrogens is 561 g/mol. The van der Waals surface area contributed by atoms with E-state index in [9.17, 15) is 18.0 Å². The summed E-state index contributed by atoms with van der Waals surface area (Å²) < 4.78 is 29.0. The lowest BCUT2D eigenvalue weighted by atomic mass is 9.91. The summed E-state index contributed by atoms with van der Waals surface area (Å²) in [5, 5.41) is 7.11. The largest absolute Gasteiger partial charge is 0.370 e. The zero-order valence-corrected chi connectivity index (χ0v) is 23.0. The van der Waals surface area contributed by atoms with Crippen molar-refractivity contribution in [3.05, 3.63) is 100 Å². The number of rotatable bonds is 9. The summed E-state index contributed by atoms with van der Waals surface area (Å²) in [4.78, 5) is 27.7. The zero-order valence-electron chi connectivity index (χ0n) is 20.6. The van der Waals surface area contributed by atoms with Crippen LogP contribution in [-0.4, -0.2) is 49.9 Å². The van der Waals surface area contributed by atoms with Gasteiger partial charge in [0.1, 0.15) is 6.54 Å². The molecule has 1 heterocycles. The average Bonchev–Trinajstić information content (AvgIpc) is 3.36. The monoisotopic (exact) mass is 585 g/mol. The lowest BCUT2D eigenvalue weighted by molar-refractivity contribution is -0.123. The summed E-state index contributed by atoms with van der Waals surface area (Å²) in [7, 11) is -4.11. The summed E-state index contributed by atoms with van der Waals surface area (Å²) in [6, 6.07) is 22.4. The molecule has 0 saturated carbocycles. The zero-order chi connectivity index (χ0) is 28.0. The Labute approximate surface area is 236 Å². The van der Waals surface area contributed by atoms with Crippen LogP contribution in [-0.2, 0) is 19.6 Å². The number of amides is 1. The maximum Gasteiger partial charge on any atom is 0.264 e. The van der Waals surface area contributed by atoms with Gasteiger partial charge in [0.2, 0.25) is 11.9 Å². The molecule has 1 aliphatic heterocycles. The van der Waals surface area contributed by atoms with Gasteiger partial charge in [-0.15, -0.1) is 0 Å². The third-order valence-corrected chi connectivity index (χ3v) is 7.75. The highest BCUT2D eigenvalue weighted by Crippen LogP contribution is 2.29. The van der Waals surface area contributed by atoms with E-state index in [1.807, 2.05) is 42.5 Å². The molecule has 0 saturated heterocycles. The molecule has 1 amide bonds. The molecule has 3 N–H and O–H groups in total. The normalized spacial score (nSPS) is 15.6. The number of hydrogen-bond acceptors (Lipinski definition) is 6. The van der Waals surface area contributed by atoms with Gasteiger partial charge < -0.3 is 5.73 Å². The Morgan fingerprint density at radius 2 is 1.56 bits per heavy atom. The molecule has 3 aromatic rings. The second kappa shape index (κ2) is 12.4. The SMILES string of the molecule is NC(=O)CCC(=O)CN=C(NS(=O)(=O)c1ccc(Cl)cc1)N1CC(c2ccccc2)C(c2ccc(Cl)cc2)=N1. The number of nitrogens with zero attached hydrogens (tertiary/aromatic N) is 3.